The zero-order chi connectivity index (χ0) is 14.1. The van der Waals surface area contributed by atoms with Crippen LogP contribution in [0.4, 0.5) is 0 Å². The van der Waals surface area contributed by atoms with E-state index in [-0.39, 0.29) is 31.5 Å². The third-order valence-electron chi connectivity index (χ3n) is 3.79. The number of fused-ring (bicyclic) bond motifs is 1. The second-order valence-corrected chi connectivity index (χ2v) is 5.17. The van der Waals surface area contributed by atoms with Gasteiger partial charge in [-0.25, -0.2) is 0 Å². The molecule has 1 aromatic carbocycles. The van der Waals surface area contributed by atoms with Gasteiger partial charge in [0.25, 0.3) is 0 Å². The molecule has 0 saturated carbocycles. The molecule has 3 rings (SSSR count). The van der Waals surface area contributed by atoms with Gasteiger partial charge in [-0.05, 0) is 12.5 Å². The molecule has 6 heteroatoms. The predicted molar refractivity (Wildman–Crippen MR) is 73.0 cm³/mol. The predicted octanol–water partition coefficient (Wildman–Crippen LogP) is 0.0595. The molecule has 0 bridgehead atoms. The number of benzene rings is 1. The zero-order valence-corrected chi connectivity index (χ0v) is 11.0. The van der Waals surface area contributed by atoms with Crippen molar-refractivity contribution in [3.05, 3.63) is 30.0 Å². The minimum Gasteiger partial charge on any atom is -0.394 e. The van der Waals surface area contributed by atoms with Crippen LogP contribution in [0.15, 0.2) is 24.3 Å². The van der Waals surface area contributed by atoms with Gasteiger partial charge >= 0.3 is 0 Å². The molecule has 1 aliphatic rings. The Hall–Kier alpha value is -1.92. The molecule has 0 aliphatic carbocycles. The number of carbonyl (C=O) groups is 1. The average molecular weight is 275 g/mol. The zero-order valence-electron chi connectivity index (χ0n) is 11.0. The Morgan fingerprint density at radius 2 is 2.25 bits per heavy atom. The molecule has 2 heterocycles. The maximum atomic E-state index is 12.3. The van der Waals surface area contributed by atoms with Crippen molar-refractivity contribution in [2.45, 2.75) is 25.0 Å². The summed E-state index contributed by atoms with van der Waals surface area (Å²) in [6.07, 6.45) is 0.0880. The molecule has 2 aromatic rings. The van der Waals surface area contributed by atoms with E-state index < -0.39 is 6.10 Å². The summed E-state index contributed by atoms with van der Waals surface area (Å²) < 4.78 is 0. The fraction of sp³-hybridized carbons (Fsp3) is 0.429. The van der Waals surface area contributed by atoms with Crippen molar-refractivity contribution >= 4 is 16.8 Å². The number of para-hydroxylation sites is 1. The number of aromatic amines is 1. The number of carbonyl (C=O) groups excluding carboxylic acids is 1. The highest BCUT2D eigenvalue weighted by Gasteiger charge is 2.33. The highest BCUT2D eigenvalue weighted by molar-refractivity contribution is 5.87. The Morgan fingerprint density at radius 1 is 1.45 bits per heavy atom. The van der Waals surface area contributed by atoms with E-state index in [2.05, 4.69) is 10.2 Å². The minimum absolute atomic E-state index is 0.102. The van der Waals surface area contributed by atoms with E-state index in [1.807, 2.05) is 24.3 Å². The van der Waals surface area contributed by atoms with E-state index in [0.29, 0.717) is 6.42 Å². The molecular weight excluding hydrogens is 258 g/mol. The minimum atomic E-state index is -0.547. The van der Waals surface area contributed by atoms with Crippen LogP contribution >= 0.6 is 0 Å². The van der Waals surface area contributed by atoms with E-state index in [1.54, 1.807) is 4.90 Å². The summed E-state index contributed by atoms with van der Waals surface area (Å²) in [4.78, 5) is 13.9. The lowest BCUT2D eigenvalue weighted by Crippen LogP contribution is -2.39. The molecule has 1 aromatic heterocycles. The molecule has 20 heavy (non-hydrogen) atoms. The van der Waals surface area contributed by atoms with Gasteiger partial charge in [0, 0.05) is 11.9 Å². The van der Waals surface area contributed by atoms with Gasteiger partial charge in [-0.3, -0.25) is 9.89 Å². The number of amides is 1. The SMILES string of the molecule is O=C(Cc1[nH]nc2ccccc12)N1C[C@H](O)C[C@H]1CO. The Bertz CT molecular complexity index is 625. The quantitative estimate of drug-likeness (QED) is 0.739. The van der Waals surface area contributed by atoms with E-state index in [0.717, 1.165) is 16.6 Å². The normalized spacial score (nSPS) is 22.6. The largest absolute Gasteiger partial charge is 0.394 e. The highest BCUT2D eigenvalue weighted by atomic mass is 16.3. The number of β-amino-alcohol motifs (C(OH)–C–C–N with tert-alkyl or cyclic N) is 1. The van der Waals surface area contributed by atoms with Gasteiger partial charge in [0.1, 0.15) is 0 Å². The monoisotopic (exact) mass is 275 g/mol. The van der Waals surface area contributed by atoms with Gasteiger partial charge in [0.05, 0.1) is 36.4 Å². The van der Waals surface area contributed by atoms with Crippen molar-refractivity contribution in [3.63, 3.8) is 0 Å². The molecule has 1 amide bonds. The van der Waals surface area contributed by atoms with E-state index in [1.165, 1.54) is 0 Å². The number of rotatable bonds is 3. The first-order chi connectivity index (χ1) is 9.69. The summed E-state index contributed by atoms with van der Waals surface area (Å²) >= 11 is 0. The van der Waals surface area contributed by atoms with Crippen LogP contribution in [0.1, 0.15) is 12.1 Å². The summed E-state index contributed by atoms with van der Waals surface area (Å²) in [6, 6.07) is 7.32. The molecule has 1 fully saturated rings. The lowest BCUT2D eigenvalue weighted by atomic mass is 10.1. The van der Waals surface area contributed by atoms with Crippen LogP contribution < -0.4 is 0 Å². The van der Waals surface area contributed by atoms with Crippen molar-refractivity contribution in [3.8, 4) is 0 Å². The molecule has 2 atom stereocenters. The lowest BCUT2D eigenvalue weighted by Gasteiger charge is -2.22. The molecule has 0 radical (unpaired) electrons. The van der Waals surface area contributed by atoms with Gasteiger partial charge in [-0.1, -0.05) is 18.2 Å². The van der Waals surface area contributed by atoms with Crippen LogP contribution in [0.2, 0.25) is 0 Å². The maximum absolute atomic E-state index is 12.3. The van der Waals surface area contributed by atoms with Crippen molar-refractivity contribution in [1.29, 1.82) is 0 Å². The van der Waals surface area contributed by atoms with E-state index >= 15 is 0 Å². The van der Waals surface area contributed by atoms with Crippen LogP contribution in [0, 0.1) is 0 Å². The van der Waals surface area contributed by atoms with Crippen molar-refractivity contribution in [1.82, 2.24) is 15.1 Å². The number of aromatic nitrogens is 2. The fourth-order valence-corrected chi connectivity index (χ4v) is 2.77. The number of nitrogens with zero attached hydrogens (tertiary/aromatic N) is 2. The number of likely N-dealkylation sites (tertiary alicyclic amines) is 1. The third kappa shape index (κ3) is 2.28. The number of hydrogen-bond acceptors (Lipinski definition) is 4. The standard InChI is InChI=1S/C14H17N3O3/c18-8-9-5-10(19)7-17(9)14(20)6-13-11-3-1-2-4-12(11)15-16-13/h1-4,9-10,18-19H,5-8H2,(H,15,16)/t9-,10+/m0/s1. The summed E-state index contributed by atoms with van der Waals surface area (Å²) in [5.41, 5.74) is 1.60. The Morgan fingerprint density at radius 3 is 3.05 bits per heavy atom. The van der Waals surface area contributed by atoms with Crippen LogP contribution in [-0.4, -0.2) is 56.5 Å². The molecule has 3 N–H and O–H groups in total. The van der Waals surface area contributed by atoms with Gasteiger partial charge in [-0.15, -0.1) is 0 Å². The van der Waals surface area contributed by atoms with Gasteiger partial charge in [0.15, 0.2) is 0 Å². The van der Waals surface area contributed by atoms with Crippen LogP contribution in [0.3, 0.4) is 0 Å². The number of hydrogen-bond donors (Lipinski definition) is 3. The second-order valence-electron chi connectivity index (χ2n) is 5.17. The molecule has 0 unspecified atom stereocenters. The molecule has 0 spiro atoms. The molecule has 1 aliphatic heterocycles. The smallest absolute Gasteiger partial charge is 0.229 e. The van der Waals surface area contributed by atoms with Crippen molar-refractivity contribution in [2.24, 2.45) is 0 Å². The molecule has 106 valence electrons. The van der Waals surface area contributed by atoms with E-state index in [9.17, 15) is 15.0 Å². The van der Waals surface area contributed by atoms with Crippen LogP contribution in [-0.2, 0) is 11.2 Å². The maximum Gasteiger partial charge on any atom is 0.229 e. The van der Waals surface area contributed by atoms with Crippen molar-refractivity contribution in [2.75, 3.05) is 13.2 Å². The first-order valence-corrected chi connectivity index (χ1v) is 6.69. The van der Waals surface area contributed by atoms with Crippen LogP contribution in [0.25, 0.3) is 10.9 Å². The molecule has 1 saturated heterocycles. The van der Waals surface area contributed by atoms with Crippen molar-refractivity contribution < 1.29 is 15.0 Å². The Labute approximate surface area is 116 Å². The summed E-state index contributed by atoms with van der Waals surface area (Å²) in [5, 5.41) is 26.9. The first-order valence-electron chi connectivity index (χ1n) is 6.69. The summed E-state index contributed by atoms with van der Waals surface area (Å²) in [7, 11) is 0. The lowest BCUT2D eigenvalue weighted by molar-refractivity contribution is -0.132. The number of H-pyrrole nitrogens is 1. The second kappa shape index (κ2) is 5.22. The molecular formula is C14H17N3O3. The van der Waals surface area contributed by atoms with Gasteiger partial charge < -0.3 is 15.1 Å². The topological polar surface area (TPSA) is 89.5 Å². The van der Waals surface area contributed by atoms with E-state index in [4.69, 9.17) is 0 Å². The molecule has 6 nitrogen and oxygen atoms in total. The fourth-order valence-electron chi connectivity index (χ4n) is 2.77. The number of aliphatic hydroxyl groups is 2. The van der Waals surface area contributed by atoms with Crippen LogP contribution in [0.5, 0.6) is 0 Å². The highest BCUT2D eigenvalue weighted by Crippen LogP contribution is 2.21. The average Bonchev–Trinajstić information content (AvgIpc) is 3.03. The number of aliphatic hydroxyl groups excluding tert-OH is 2. The third-order valence-corrected chi connectivity index (χ3v) is 3.79. The van der Waals surface area contributed by atoms with Gasteiger partial charge in [-0.2, -0.15) is 5.10 Å². The summed E-state index contributed by atoms with van der Waals surface area (Å²) in [5.74, 6) is -0.102. The summed E-state index contributed by atoms with van der Waals surface area (Å²) in [6.45, 7) is 0.169. The Balaban J connectivity index is 1.79. The Kier molecular flexibility index (Phi) is 3.42. The first kappa shape index (κ1) is 13.1. The van der Waals surface area contributed by atoms with Gasteiger partial charge in [0.2, 0.25) is 5.91 Å². The number of nitrogens with one attached hydrogen (secondary N) is 1.